The van der Waals surface area contributed by atoms with Crippen LogP contribution in [0.3, 0.4) is 0 Å². The molecule has 2 unspecified atom stereocenters. The van der Waals surface area contributed by atoms with Crippen molar-refractivity contribution in [2.75, 3.05) is 13.7 Å². The van der Waals surface area contributed by atoms with Crippen molar-refractivity contribution in [3.8, 4) is 0 Å². The first kappa shape index (κ1) is 13.2. The third kappa shape index (κ3) is 4.30. The second-order valence-corrected chi connectivity index (χ2v) is 4.79. The lowest BCUT2D eigenvalue weighted by molar-refractivity contribution is -0.121. The van der Waals surface area contributed by atoms with Crippen LogP contribution in [-0.4, -0.2) is 31.7 Å². The lowest BCUT2D eigenvalue weighted by Gasteiger charge is -2.19. The molecule has 4 nitrogen and oxygen atoms in total. The summed E-state index contributed by atoms with van der Waals surface area (Å²) in [6, 6.07) is 3.89. The third-order valence-corrected chi connectivity index (χ3v) is 3.15. The molecule has 90 valence electrons. The van der Waals surface area contributed by atoms with Crippen molar-refractivity contribution in [3.05, 3.63) is 22.4 Å². The summed E-state index contributed by atoms with van der Waals surface area (Å²) in [5.74, 6) is -0.375. The van der Waals surface area contributed by atoms with Crippen LogP contribution in [0.1, 0.15) is 11.8 Å². The van der Waals surface area contributed by atoms with E-state index < -0.39 is 6.04 Å². The zero-order chi connectivity index (χ0) is 12.0. The van der Waals surface area contributed by atoms with Crippen LogP contribution in [0.2, 0.25) is 0 Å². The van der Waals surface area contributed by atoms with Gasteiger partial charge in [-0.25, -0.2) is 0 Å². The molecule has 0 aliphatic carbocycles. The molecule has 0 aromatic carbocycles. The van der Waals surface area contributed by atoms with Gasteiger partial charge in [0, 0.05) is 18.0 Å². The maximum atomic E-state index is 11.1. The molecule has 0 bridgehead atoms. The summed E-state index contributed by atoms with van der Waals surface area (Å²) in [6.45, 7) is 2.34. The molecule has 2 atom stereocenters. The predicted octanol–water partition coefficient (Wildman–Crippen LogP) is 0.769. The Morgan fingerprint density at radius 2 is 2.44 bits per heavy atom. The molecule has 0 fully saturated rings. The molecule has 0 radical (unpaired) electrons. The Labute approximate surface area is 99.8 Å². The lowest BCUT2D eigenvalue weighted by Crippen LogP contribution is -2.48. The average molecular weight is 242 g/mol. The van der Waals surface area contributed by atoms with Crippen molar-refractivity contribution in [1.29, 1.82) is 0 Å². The highest BCUT2D eigenvalue weighted by Gasteiger charge is 2.17. The van der Waals surface area contributed by atoms with Crippen LogP contribution < -0.4 is 11.1 Å². The van der Waals surface area contributed by atoms with Crippen LogP contribution in [0, 0.1) is 0 Å². The van der Waals surface area contributed by atoms with Gasteiger partial charge >= 0.3 is 0 Å². The normalized spacial score (nSPS) is 14.6. The fourth-order valence-electron chi connectivity index (χ4n) is 1.51. The summed E-state index contributed by atoms with van der Waals surface area (Å²) in [5.41, 5.74) is 5.27. The van der Waals surface area contributed by atoms with E-state index in [2.05, 4.69) is 11.4 Å². The molecule has 0 saturated heterocycles. The monoisotopic (exact) mass is 242 g/mol. The lowest BCUT2D eigenvalue weighted by atomic mass is 10.1. The van der Waals surface area contributed by atoms with Gasteiger partial charge in [0.25, 0.3) is 0 Å². The summed E-state index contributed by atoms with van der Waals surface area (Å²) in [5, 5.41) is 5.21. The number of hydrogen-bond acceptors (Lipinski definition) is 4. The largest absolute Gasteiger partial charge is 0.383 e. The molecular formula is C11H18N2O2S. The number of amides is 1. The average Bonchev–Trinajstić information content (AvgIpc) is 2.69. The quantitative estimate of drug-likeness (QED) is 0.742. The number of carbonyl (C=O) groups excluding carboxylic acids is 1. The van der Waals surface area contributed by atoms with Crippen LogP contribution in [0.5, 0.6) is 0 Å². The second-order valence-electron chi connectivity index (χ2n) is 3.76. The predicted molar refractivity (Wildman–Crippen MR) is 65.5 cm³/mol. The van der Waals surface area contributed by atoms with Gasteiger partial charge in [0.05, 0.1) is 6.61 Å². The first-order chi connectivity index (χ1) is 7.63. The van der Waals surface area contributed by atoms with Crippen LogP contribution in [-0.2, 0) is 16.0 Å². The van der Waals surface area contributed by atoms with Gasteiger partial charge in [-0.2, -0.15) is 0 Å². The van der Waals surface area contributed by atoms with Crippen LogP contribution in [0.25, 0.3) is 0 Å². The molecule has 1 aromatic heterocycles. The molecule has 0 aliphatic heterocycles. The minimum Gasteiger partial charge on any atom is -0.383 e. The van der Waals surface area contributed by atoms with Crippen LogP contribution in [0.15, 0.2) is 17.5 Å². The Kier molecular flexibility index (Phi) is 5.45. The van der Waals surface area contributed by atoms with E-state index in [1.54, 1.807) is 18.4 Å². The zero-order valence-electron chi connectivity index (χ0n) is 9.60. The molecule has 5 heteroatoms. The number of nitrogens with one attached hydrogen (secondary N) is 1. The summed E-state index contributed by atoms with van der Waals surface area (Å²) < 4.78 is 4.94. The van der Waals surface area contributed by atoms with E-state index in [1.165, 1.54) is 4.88 Å². The van der Waals surface area contributed by atoms with Gasteiger partial charge in [-0.05, 0) is 24.8 Å². The number of thiophene rings is 1. The van der Waals surface area contributed by atoms with E-state index >= 15 is 0 Å². The maximum absolute atomic E-state index is 11.1. The highest BCUT2D eigenvalue weighted by atomic mass is 32.1. The number of rotatable bonds is 7. The Bertz CT molecular complexity index is 314. The standard InChI is InChI=1S/C11H18N2O2S/c1-8(6-9-4-3-5-16-9)13-10(7-15-2)11(12)14/h3-5,8,10,13H,6-7H2,1-2H3,(H2,12,14). The summed E-state index contributed by atoms with van der Waals surface area (Å²) in [6.07, 6.45) is 0.894. The molecule has 3 N–H and O–H groups in total. The topological polar surface area (TPSA) is 64.3 Å². The SMILES string of the molecule is COCC(NC(C)Cc1cccs1)C(N)=O. The van der Waals surface area contributed by atoms with Gasteiger partial charge < -0.3 is 15.8 Å². The molecule has 1 amide bonds. The number of nitrogens with two attached hydrogens (primary N) is 1. The van der Waals surface area contributed by atoms with E-state index in [4.69, 9.17) is 10.5 Å². The molecule has 1 rings (SSSR count). The molecular weight excluding hydrogens is 224 g/mol. The van der Waals surface area contributed by atoms with Crippen molar-refractivity contribution >= 4 is 17.2 Å². The van der Waals surface area contributed by atoms with Gasteiger partial charge in [-0.15, -0.1) is 11.3 Å². The molecule has 16 heavy (non-hydrogen) atoms. The number of carbonyl (C=O) groups is 1. The smallest absolute Gasteiger partial charge is 0.236 e. The minimum atomic E-state index is -0.417. The number of ether oxygens (including phenoxy) is 1. The molecule has 1 aromatic rings. The maximum Gasteiger partial charge on any atom is 0.236 e. The van der Waals surface area contributed by atoms with E-state index in [0.717, 1.165) is 6.42 Å². The van der Waals surface area contributed by atoms with Gasteiger partial charge in [-0.1, -0.05) is 6.07 Å². The van der Waals surface area contributed by atoms with Gasteiger partial charge in [-0.3, -0.25) is 4.79 Å². The van der Waals surface area contributed by atoms with Crippen molar-refractivity contribution in [1.82, 2.24) is 5.32 Å². The van der Waals surface area contributed by atoms with Crippen molar-refractivity contribution in [2.45, 2.75) is 25.4 Å². The van der Waals surface area contributed by atoms with E-state index in [1.807, 2.05) is 18.4 Å². The summed E-state index contributed by atoms with van der Waals surface area (Å²) >= 11 is 1.71. The Morgan fingerprint density at radius 3 is 2.94 bits per heavy atom. The number of hydrogen-bond donors (Lipinski definition) is 2. The van der Waals surface area contributed by atoms with Gasteiger partial charge in [0.15, 0.2) is 0 Å². The Balaban J connectivity index is 2.42. The van der Waals surface area contributed by atoms with E-state index in [-0.39, 0.29) is 11.9 Å². The van der Waals surface area contributed by atoms with Crippen molar-refractivity contribution in [2.24, 2.45) is 5.73 Å². The Morgan fingerprint density at radius 1 is 1.69 bits per heavy atom. The van der Waals surface area contributed by atoms with Gasteiger partial charge in [0.1, 0.15) is 6.04 Å². The van der Waals surface area contributed by atoms with Crippen molar-refractivity contribution in [3.63, 3.8) is 0 Å². The first-order valence-electron chi connectivity index (χ1n) is 5.20. The minimum absolute atomic E-state index is 0.200. The zero-order valence-corrected chi connectivity index (χ0v) is 10.4. The number of methoxy groups -OCH3 is 1. The van der Waals surface area contributed by atoms with Crippen LogP contribution >= 0.6 is 11.3 Å². The summed E-state index contributed by atoms with van der Waals surface area (Å²) in [4.78, 5) is 12.4. The fraction of sp³-hybridized carbons (Fsp3) is 0.545. The molecule has 0 aliphatic rings. The third-order valence-electron chi connectivity index (χ3n) is 2.25. The van der Waals surface area contributed by atoms with E-state index in [0.29, 0.717) is 6.61 Å². The molecule has 1 heterocycles. The number of primary amides is 1. The highest BCUT2D eigenvalue weighted by molar-refractivity contribution is 7.09. The van der Waals surface area contributed by atoms with Crippen molar-refractivity contribution < 1.29 is 9.53 Å². The summed E-state index contributed by atoms with van der Waals surface area (Å²) in [7, 11) is 1.56. The molecule has 0 saturated carbocycles. The highest BCUT2D eigenvalue weighted by Crippen LogP contribution is 2.11. The fourth-order valence-corrected chi connectivity index (χ4v) is 2.35. The first-order valence-corrected chi connectivity index (χ1v) is 6.08. The van der Waals surface area contributed by atoms with Gasteiger partial charge in [0.2, 0.25) is 5.91 Å². The molecule has 0 spiro atoms. The second kappa shape index (κ2) is 6.62. The Hall–Kier alpha value is -0.910. The van der Waals surface area contributed by atoms with E-state index in [9.17, 15) is 4.79 Å². The van der Waals surface area contributed by atoms with Crippen LogP contribution in [0.4, 0.5) is 0 Å².